The van der Waals surface area contributed by atoms with Gasteiger partial charge in [-0.1, -0.05) is 18.2 Å². The Morgan fingerprint density at radius 2 is 2.00 bits per heavy atom. The minimum Gasteiger partial charge on any atom is -0.490 e. The number of nitrogens with zero attached hydrogens (tertiary/aromatic N) is 1. The van der Waals surface area contributed by atoms with Crippen molar-refractivity contribution in [2.75, 3.05) is 13.7 Å². The summed E-state index contributed by atoms with van der Waals surface area (Å²) in [5.74, 6) is 1.57. The Bertz CT molecular complexity index is 561. The molecule has 4 heteroatoms. The van der Waals surface area contributed by atoms with Crippen molar-refractivity contribution < 1.29 is 9.47 Å². The van der Waals surface area contributed by atoms with Crippen LogP contribution >= 0.6 is 0 Å². The number of aromatic nitrogens is 1. The molecule has 112 valence electrons. The highest BCUT2D eigenvalue weighted by molar-refractivity contribution is 5.46. The molecule has 0 spiro atoms. The fourth-order valence-corrected chi connectivity index (χ4v) is 2.13. The first-order valence-corrected chi connectivity index (χ1v) is 7.18. The Labute approximate surface area is 126 Å². The van der Waals surface area contributed by atoms with Crippen LogP contribution in [0, 0.1) is 6.92 Å². The van der Waals surface area contributed by atoms with Crippen molar-refractivity contribution in [3.05, 3.63) is 53.3 Å². The van der Waals surface area contributed by atoms with Crippen molar-refractivity contribution in [2.45, 2.75) is 27.0 Å². The van der Waals surface area contributed by atoms with Gasteiger partial charge in [0.2, 0.25) is 0 Å². The summed E-state index contributed by atoms with van der Waals surface area (Å²) in [5, 5.41) is 3.15. The van der Waals surface area contributed by atoms with Gasteiger partial charge < -0.3 is 14.8 Å². The molecule has 1 aromatic carbocycles. The normalized spacial score (nSPS) is 10.4. The second kappa shape index (κ2) is 7.64. The van der Waals surface area contributed by atoms with Gasteiger partial charge >= 0.3 is 0 Å². The van der Waals surface area contributed by atoms with E-state index < -0.39 is 0 Å². The molecule has 0 saturated heterocycles. The molecule has 21 heavy (non-hydrogen) atoms. The first-order valence-electron chi connectivity index (χ1n) is 7.18. The Morgan fingerprint density at radius 3 is 2.71 bits per heavy atom. The average Bonchev–Trinajstić information content (AvgIpc) is 2.49. The molecule has 0 aliphatic rings. The van der Waals surface area contributed by atoms with Gasteiger partial charge in [0.05, 0.1) is 12.3 Å². The maximum Gasteiger partial charge on any atom is 0.166 e. The van der Waals surface area contributed by atoms with Crippen LogP contribution in [0.2, 0.25) is 0 Å². The monoisotopic (exact) mass is 286 g/mol. The number of hydrogen-bond donors (Lipinski definition) is 1. The third-order valence-electron chi connectivity index (χ3n) is 3.20. The van der Waals surface area contributed by atoms with E-state index in [1.807, 2.05) is 51.2 Å². The first kappa shape index (κ1) is 15.3. The summed E-state index contributed by atoms with van der Waals surface area (Å²) in [7, 11) is 1.92. The van der Waals surface area contributed by atoms with E-state index in [1.165, 1.54) is 0 Å². The quantitative estimate of drug-likeness (QED) is 0.849. The molecule has 0 bridgehead atoms. The zero-order valence-corrected chi connectivity index (χ0v) is 12.8. The predicted octanol–water partition coefficient (Wildman–Crippen LogP) is 3.09. The van der Waals surface area contributed by atoms with Gasteiger partial charge in [0, 0.05) is 18.3 Å². The van der Waals surface area contributed by atoms with Gasteiger partial charge in [-0.2, -0.15) is 0 Å². The van der Waals surface area contributed by atoms with E-state index in [0.29, 0.717) is 13.2 Å². The number of aryl methyl sites for hydroxylation is 1. The summed E-state index contributed by atoms with van der Waals surface area (Å²) < 4.78 is 11.7. The van der Waals surface area contributed by atoms with E-state index in [-0.39, 0.29) is 0 Å². The molecule has 0 atom stereocenters. The van der Waals surface area contributed by atoms with E-state index in [0.717, 1.165) is 34.9 Å². The second-order valence-electron chi connectivity index (χ2n) is 4.76. The third kappa shape index (κ3) is 3.95. The van der Waals surface area contributed by atoms with Gasteiger partial charge in [-0.25, -0.2) is 0 Å². The molecular weight excluding hydrogens is 264 g/mol. The molecular formula is C17H22N2O2. The second-order valence-corrected chi connectivity index (χ2v) is 4.76. The summed E-state index contributed by atoms with van der Waals surface area (Å²) in [6.07, 6.45) is 1.79. The molecule has 0 radical (unpaired) electrons. The van der Waals surface area contributed by atoms with Crippen molar-refractivity contribution in [3.63, 3.8) is 0 Å². The topological polar surface area (TPSA) is 43.4 Å². The lowest BCUT2D eigenvalue weighted by Gasteiger charge is -2.16. The van der Waals surface area contributed by atoms with Gasteiger partial charge in [0.25, 0.3) is 0 Å². The zero-order chi connectivity index (χ0) is 15.1. The SMILES string of the molecule is CCOc1cccc(CNC)c1OCc1ncccc1C. The summed E-state index contributed by atoms with van der Waals surface area (Å²) in [6.45, 7) is 5.79. The van der Waals surface area contributed by atoms with Crippen molar-refractivity contribution in [2.24, 2.45) is 0 Å². The molecule has 0 fully saturated rings. The number of hydrogen-bond acceptors (Lipinski definition) is 4. The van der Waals surface area contributed by atoms with E-state index in [2.05, 4.69) is 10.3 Å². The van der Waals surface area contributed by atoms with Gasteiger partial charge in [0.1, 0.15) is 6.61 Å². The predicted molar refractivity (Wildman–Crippen MR) is 83.7 cm³/mol. The van der Waals surface area contributed by atoms with Crippen molar-refractivity contribution in [1.82, 2.24) is 10.3 Å². The largest absolute Gasteiger partial charge is 0.490 e. The van der Waals surface area contributed by atoms with Crippen LogP contribution in [0.5, 0.6) is 11.5 Å². The van der Waals surface area contributed by atoms with Gasteiger partial charge in [-0.15, -0.1) is 0 Å². The number of benzene rings is 1. The van der Waals surface area contributed by atoms with Gasteiger partial charge in [-0.3, -0.25) is 4.98 Å². The maximum absolute atomic E-state index is 6.01. The van der Waals surface area contributed by atoms with Crippen LogP contribution in [-0.4, -0.2) is 18.6 Å². The highest BCUT2D eigenvalue weighted by atomic mass is 16.5. The van der Waals surface area contributed by atoms with Crippen LogP contribution in [0.25, 0.3) is 0 Å². The Balaban J connectivity index is 2.22. The highest BCUT2D eigenvalue weighted by Crippen LogP contribution is 2.32. The first-order chi connectivity index (χ1) is 10.3. The summed E-state index contributed by atoms with van der Waals surface area (Å²) in [4.78, 5) is 4.36. The van der Waals surface area contributed by atoms with Crippen LogP contribution in [0.4, 0.5) is 0 Å². The Morgan fingerprint density at radius 1 is 1.14 bits per heavy atom. The molecule has 4 nitrogen and oxygen atoms in total. The smallest absolute Gasteiger partial charge is 0.166 e. The molecule has 0 saturated carbocycles. The molecule has 0 aliphatic carbocycles. The molecule has 0 amide bonds. The summed E-state index contributed by atoms with van der Waals surface area (Å²) >= 11 is 0. The molecule has 0 unspecified atom stereocenters. The maximum atomic E-state index is 6.01. The number of pyridine rings is 1. The lowest BCUT2D eigenvalue weighted by atomic mass is 10.1. The molecule has 0 aliphatic heterocycles. The Hall–Kier alpha value is -2.07. The van der Waals surface area contributed by atoms with E-state index in [9.17, 15) is 0 Å². The Kier molecular flexibility index (Phi) is 5.58. The fraction of sp³-hybridized carbons (Fsp3) is 0.353. The summed E-state index contributed by atoms with van der Waals surface area (Å²) in [6, 6.07) is 9.92. The number of para-hydroxylation sites is 1. The van der Waals surface area contributed by atoms with Crippen molar-refractivity contribution in [3.8, 4) is 11.5 Å². The molecule has 2 aromatic rings. The third-order valence-corrected chi connectivity index (χ3v) is 3.20. The lowest BCUT2D eigenvalue weighted by molar-refractivity contribution is 0.263. The molecule has 1 aromatic heterocycles. The zero-order valence-electron chi connectivity index (χ0n) is 12.8. The minimum atomic E-state index is 0.438. The molecule has 2 rings (SSSR count). The minimum absolute atomic E-state index is 0.438. The van der Waals surface area contributed by atoms with Crippen LogP contribution in [0.1, 0.15) is 23.7 Å². The lowest BCUT2D eigenvalue weighted by Crippen LogP contribution is -2.09. The highest BCUT2D eigenvalue weighted by Gasteiger charge is 2.11. The van der Waals surface area contributed by atoms with Gasteiger partial charge in [0.15, 0.2) is 11.5 Å². The number of nitrogens with one attached hydrogen (secondary N) is 1. The number of rotatable bonds is 7. The summed E-state index contributed by atoms with van der Waals surface area (Å²) in [5.41, 5.74) is 3.15. The van der Waals surface area contributed by atoms with E-state index in [1.54, 1.807) is 6.20 Å². The van der Waals surface area contributed by atoms with Crippen LogP contribution in [-0.2, 0) is 13.2 Å². The molecule has 1 N–H and O–H groups in total. The van der Waals surface area contributed by atoms with E-state index in [4.69, 9.17) is 9.47 Å². The average molecular weight is 286 g/mol. The van der Waals surface area contributed by atoms with Crippen LogP contribution < -0.4 is 14.8 Å². The fourth-order valence-electron chi connectivity index (χ4n) is 2.13. The van der Waals surface area contributed by atoms with Crippen LogP contribution in [0.3, 0.4) is 0 Å². The van der Waals surface area contributed by atoms with Gasteiger partial charge in [-0.05, 0) is 38.6 Å². The standard InChI is InChI=1S/C17H22N2O2/c1-4-20-16-9-5-8-14(11-18-3)17(16)21-12-15-13(2)7-6-10-19-15/h5-10,18H,4,11-12H2,1-3H3. The number of ether oxygens (including phenoxy) is 2. The van der Waals surface area contributed by atoms with Crippen LogP contribution in [0.15, 0.2) is 36.5 Å². The van der Waals surface area contributed by atoms with Crippen molar-refractivity contribution in [1.29, 1.82) is 0 Å². The molecule has 1 heterocycles. The van der Waals surface area contributed by atoms with E-state index >= 15 is 0 Å². The van der Waals surface area contributed by atoms with Crippen molar-refractivity contribution >= 4 is 0 Å².